The third-order valence-electron chi connectivity index (χ3n) is 3.99. The van der Waals surface area contributed by atoms with Gasteiger partial charge in [-0.25, -0.2) is 12.8 Å². The zero-order valence-corrected chi connectivity index (χ0v) is 15.6. The monoisotopic (exact) mass is 402 g/mol. The summed E-state index contributed by atoms with van der Waals surface area (Å²) in [4.78, 5) is 15.7. The van der Waals surface area contributed by atoms with Crippen LogP contribution in [0.1, 0.15) is 0 Å². The number of thiophene rings is 1. The highest BCUT2D eigenvalue weighted by molar-refractivity contribution is 7.94. The van der Waals surface area contributed by atoms with Crippen LogP contribution in [0, 0.1) is 5.82 Å². The Morgan fingerprint density at radius 1 is 1.12 bits per heavy atom. The van der Waals surface area contributed by atoms with Gasteiger partial charge >= 0.3 is 0 Å². The number of sulfone groups is 1. The molecule has 1 aromatic heterocycles. The van der Waals surface area contributed by atoms with Gasteiger partial charge in [-0.05, 0) is 24.3 Å². The Bertz CT molecular complexity index is 877. The second-order valence-corrected chi connectivity index (χ2v) is 9.57. The number of benzene rings is 1. The van der Waals surface area contributed by atoms with Gasteiger partial charge in [-0.15, -0.1) is 11.3 Å². The molecule has 9 heteroatoms. The van der Waals surface area contributed by atoms with Crippen LogP contribution in [0.25, 0.3) is 0 Å². The quantitative estimate of drug-likeness (QED) is 0.789. The summed E-state index contributed by atoms with van der Waals surface area (Å²) < 4.78 is 38.8. The number of carbonyl (C=O) groups excluding carboxylic acids is 1. The minimum atomic E-state index is -3.69. The van der Waals surface area contributed by atoms with E-state index < -0.39 is 21.5 Å². The first-order valence-electron chi connectivity index (χ1n) is 7.62. The molecule has 5 nitrogen and oxygen atoms in total. The van der Waals surface area contributed by atoms with Crippen molar-refractivity contribution < 1.29 is 17.6 Å². The number of amides is 1. The van der Waals surface area contributed by atoms with Crippen molar-refractivity contribution in [1.82, 2.24) is 4.90 Å². The normalized spacial score (nSPS) is 15.4. The zero-order valence-electron chi connectivity index (χ0n) is 13.2. The Kier molecular flexibility index (Phi) is 5.31. The molecule has 0 bridgehead atoms. The SMILES string of the molecule is O=C(CS(=O)(=O)c1ccc(Cl)s1)N1CCN(c2ccccc2F)CC1. The molecule has 0 aliphatic carbocycles. The van der Waals surface area contributed by atoms with Crippen molar-refractivity contribution >= 4 is 44.4 Å². The van der Waals surface area contributed by atoms with E-state index >= 15 is 0 Å². The smallest absolute Gasteiger partial charge is 0.238 e. The predicted molar refractivity (Wildman–Crippen MR) is 96.6 cm³/mol. The molecule has 0 atom stereocenters. The Balaban J connectivity index is 1.61. The van der Waals surface area contributed by atoms with E-state index in [9.17, 15) is 17.6 Å². The number of hydrogen-bond acceptors (Lipinski definition) is 5. The maximum absolute atomic E-state index is 13.8. The van der Waals surface area contributed by atoms with E-state index in [1.807, 2.05) is 4.90 Å². The molecule has 0 saturated carbocycles. The van der Waals surface area contributed by atoms with Crippen molar-refractivity contribution in [1.29, 1.82) is 0 Å². The predicted octanol–water partition coefficient (Wildman–Crippen LogP) is 2.66. The van der Waals surface area contributed by atoms with Crippen LogP contribution in [0.5, 0.6) is 0 Å². The molecule has 25 heavy (non-hydrogen) atoms. The number of carbonyl (C=O) groups is 1. The lowest BCUT2D eigenvalue weighted by atomic mass is 10.2. The van der Waals surface area contributed by atoms with Crippen molar-refractivity contribution in [3.8, 4) is 0 Å². The highest BCUT2D eigenvalue weighted by Crippen LogP contribution is 2.27. The molecule has 1 aliphatic rings. The van der Waals surface area contributed by atoms with E-state index in [1.165, 1.54) is 23.1 Å². The average molecular weight is 403 g/mol. The molecule has 0 spiro atoms. The fraction of sp³-hybridized carbons (Fsp3) is 0.312. The minimum Gasteiger partial charge on any atom is -0.366 e. The summed E-state index contributed by atoms with van der Waals surface area (Å²) in [7, 11) is -3.69. The maximum Gasteiger partial charge on any atom is 0.238 e. The summed E-state index contributed by atoms with van der Waals surface area (Å²) in [5, 5.41) is 0. The number of anilines is 1. The van der Waals surface area contributed by atoms with Crippen molar-refractivity contribution in [3.05, 3.63) is 46.6 Å². The van der Waals surface area contributed by atoms with Crippen LogP contribution in [-0.4, -0.2) is 51.2 Å². The maximum atomic E-state index is 13.8. The van der Waals surface area contributed by atoms with Crippen molar-refractivity contribution in [2.45, 2.75) is 4.21 Å². The standard InChI is InChI=1S/C16H16ClFN2O3S2/c17-14-5-6-16(24-14)25(22,23)11-15(21)20-9-7-19(8-10-20)13-4-2-1-3-12(13)18/h1-6H,7-11H2. The van der Waals surface area contributed by atoms with Crippen molar-refractivity contribution in [2.75, 3.05) is 36.8 Å². The summed E-state index contributed by atoms with van der Waals surface area (Å²) in [6, 6.07) is 9.38. The third-order valence-corrected chi connectivity index (χ3v) is 7.41. The van der Waals surface area contributed by atoms with E-state index in [0.717, 1.165) is 11.3 Å². The highest BCUT2D eigenvalue weighted by Gasteiger charge is 2.28. The molecule has 1 amide bonds. The van der Waals surface area contributed by atoms with Crippen LogP contribution in [0.4, 0.5) is 10.1 Å². The van der Waals surface area contributed by atoms with Gasteiger partial charge in [0, 0.05) is 26.2 Å². The second kappa shape index (κ2) is 7.31. The Morgan fingerprint density at radius 3 is 2.40 bits per heavy atom. The van der Waals surface area contributed by atoms with Crippen molar-refractivity contribution in [2.24, 2.45) is 0 Å². The first-order chi connectivity index (χ1) is 11.9. The fourth-order valence-electron chi connectivity index (χ4n) is 2.69. The van der Waals surface area contributed by atoms with E-state index in [2.05, 4.69) is 0 Å². The molecule has 1 saturated heterocycles. The summed E-state index contributed by atoms with van der Waals surface area (Å²) in [6.45, 7) is 1.62. The number of rotatable bonds is 4. The lowest BCUT2D eigenvalue weighted by Gasteiger charge is -2.36. The number of nitrogens with zero attached hydrogens (tertiary/aromatic N) is 2. The van der Waals surface area contributed by atoms with Gasteiger partial charge in [-0.3, -0.25) is 4.79 Å². The Morgan fingerprint density at radius 2 is 1.80 bits per heavy atom. The summed E-state index contributed by atoms with van der Waals surface area (Å²) >= 11 is 6.70. The van der Waals surface area contributed by atoms with Gasteiger partial charge in [0.25, 0.3) is 0 Å². The minimum absolute atomic E-state index is 0.0934. The van der Waals surface area contributed by atoms with Crippen molar-refractivity contribution in [3.63, 3.8) is 0 Å². The van der Waals surface area contributed by atoms with Gasteiger partial charge in [0.1, 0.15) is 15.8 Å². The summed E-state index contributed by atoms with van der Waals surface area (Å²) in [5.74, 6) is -1.33. The molecule has 3 rings (SSSR count). The summed E-state index contributed by atoms with van der Waals surface area (Å²) in [5.41, 5.74) is 0.496. The van der Waals surface area contributed by atoms with E-state index in [0.29, 0.717) is 36.2 Å². The van der Waals surface area contributed by atoms with Gasteiger partial charge < -0.3 is 9.80 Å². The van der Waals surface area contributed by atoms with Crippen LogP contribution in [0.3, 0.4) is 0 Å². The van der Waals surface area contributed by atoms with E-state index in [4.69, 9.17) is 11.6 Å². The number of hydrogen-bond donors (Lipinski definition) is 0. The van der Waals surface area contributed by atoms with Gasteiger partial charge in [0.2, 0.25) is 5.91 Å². The molecule has 2 aromatic rings. The Labute approximate surface area is 154 Å². The first-order valence-corrected chi connectivity index (χ1v) is 10.5. The molecular weight excluding hydrogens is 387 g/mol. The van der Waals surface area contributed by atoms with Crippen LogP contribution in [0.15, 0.2) is 40.6 Å². The molecule has 1 fully saturated rings. The zero-order chi connectivity index (χ0) is 18.0. The number of piperazine rings is 1. The van der Waals surface area contributed by atoms with Crippen LogP contribution >= 0.6 is 22.9 Å². The number of halogens is 2. The molecule has 2 heterocycles. The van der Waals surface area contributed by atoms with E-state index in [-0.39, 0.29) is 10.0 Å². The Hall–Kier alpha value is -1.64. The van der Waals surface area contributed by atoms with Gasteiger partial charge in [-0.2, -0.15) is 0 Å². The topological polar surface area (TPSA) is 57.7 Å². The first kappa shape index (κ1) is 18.2. The molecule has 134 valence electrons. The largest absolute Gasteiger partial charge is 0.366 e. The molecule has 0 N–H and O–H groups in total. The lowest BCUT2D eigenvalue weighted by molar-refractivity contribution is -0.128. The van der Waals surface area contributed by atoms with Crippen LogP contribution in [-0.2, 0) is 14.6 Å². The third kappa shape index (κ3) is 4.13. The molecule has 0 radical (unpaired) electrons. The van der Waals surface area contributed by atoms with Gasteiger partial charge in [0.15, 0.2) is 9.84 Å². The molecule has 0 unspecified atom stereocenters. The lowest BCUT2D eigenvalue weighted by Crippen LogP contribution is -2.50. The number of para-hydroxylation sites is 1. The van der Waals surface area contributed by atoms with Crippen LogP contribution in [0.2, 0.25) is 4.34 Å². The fourth-order valence-corrected chi connectivity index (χ4v) is 5.49. The van der Waals surface area contributed by atoms with Gasteiger partial charge in [0.05, 0.1) is 10.0 Å². The molecular formula is C16H16ClFN2O3S2. The molecule has 1 aromatic carbocycles. The highest BCUT2D eigenvalue weighted by atomic mass is 35.5. The van der Waals surface area contributed by atoms with E-state index in [1.54, 1.807) is 18.2 Å². The van der Waals surface area contributed by atoms with Gasteiger partial charge in [-0.1, -0.05) is 23.7 Å². The molecule has 1 aliphatic heterocycles. The average Bonchev–Trinajstić information content (AvgIpc) is 3.03. The second-order valence-electron chi connectivity index (χ2n) is 5.64. The summed E-state index contributed by atoms with van der Waals surface area (Å²) in [6.07, 6.45) is 0. The van der Waals surface area contributed by atoms with Crippen LogP contribution < -0.4 is 4.90 Å².